The summed E-state index contributed by atoms with van der Waals surface area (Å²) < 4.78 is 0. The molecule has 0 aliphatic heterocycles. The van der Waals surface area contributed by atoms with Crippen LogP contribution in [0.25, 0.3) is 0 Å². The Kier molecular flexibility index (Phi) is 13.0. The first-order valence-corrected chi connectivity index (χ1v) is 7.20. The summed E-state index contributed by atoms with van der Waals surface area (Å²) in [6.07, 6.45) is 13.2. The number of carboxylic acids is 1. The fourth-order valence-electron chi connectivity index (χ4n) is 1.93. The van der Waals surface area contributed by atoms with Crippen molar-refractivity contribution in [1.82, 2.24) is 5.32 Å². The zero-order valence-electron chi connectivity index (χ0n) is 11.3. The maximum absolute atomic E-state index is 10.2. The molecule has 3 heteroatoms. The lowest BCUT2D eigenvalue weighted by molar-refractivity contribution is -0.135. The molecule has 0 heterocycles. The molecule has 0 aromatic heterocycles. The summed E-state index contributed by atoms with van der Waals surface area (Å²) >= 11 is 0. The van der Waals surface area contributed by atoms with Gasteiger partial charge in [-0.15, -0.1) is 0 Å². The van der Waals surface area contributed by atoms with Crippen LogP contribution in [-0.4, -0.2) is 24.2 Å². The normalized spacial score (nSPS) is 10.6. The minimum absolute atomic E-state index is 0.0947. The lowest BCUT2D eigenvalue weighted by Gasteiger charge is -2.03. The number of nitrogens with one attached hydrogen (secondary N) is 1. The van der Waals surface area contributed by atoms with Gasteiger partial charge in [0.25, 0.3) is 0 Å². The van der Waals surface area contributed by atoms with Crippen LogP contribution in [0.3, 0.4) is 0 Å². The molecule has 0 bridgehead atoms. The van der Waals surface area contributed by atoms with Crippen molar-refractivity contribution in [2.45, 2.75) is 71.1 Å². The van der Waals surface area contributed by atoms with Crippen LogP contribution in [0, 0.1) is 0 Å². The van der Waals surface area contributed by atoms with E-state index >= 15 is 0 Å². The molecule has 0 unspecified atom stereocenters. The Morgan fingerprint density at radius 2 is 1.35 bits per heavy atom. The summed E-state index contributed by atoms with van der Waals surface area (Å²) in [7, 11) is 0. The standard InChI is InChI=1S/C14H29NO2/c1-2-3-4-5-6-7-8-9-10-11-12-15-13-14(16)17/h15H,2-13H2,1H3,(H,16,17). The average molecular weight is 243 g/mol. The topological polar surface area (TPSA) is 49.3 Å². The molecule has 17 heavy (non-hydrogen) atoms. The van der Waals surface area contributed by atoms with Crippen LogP contribution >= 0.6 is 0 Å². The molecule has 0 atom stereocenters. The maximum atomic E-state index is 10.2. The van der Waals surface area contributed by atoms with Gasteiger partial charge in [0, 0.05) is 0 Å². The van der Waals surface area contributed by atoms with Crippen LogP contribution in [-0.2, 0) is 4.79 Å². The molecule has 0 saturated carbocycles. The van der Waals surface area contributed by atoms with E-state index in [-0.39, 0.29) is 6.54 Å². The minimum Gasteiger partial charge on any atom is -0.480 e. The predicted octanol–water partition coefficient (Wildman–Crippen LogP) is 3.58. The van der Waals surface area contributed by atoms with Gasteiger partial charge in [0.2, 0.25) is 0 Å². The summed E-state index contributed by atoms with van der Waals surface area (Å²) in [5, 5.41) is 11.3. The Balaban J connectivity index is 2.91. The molecule has 0 aliphatic rings. The molecule has 0 fully saturated rings. The first-order valence-electron chi connectivity index (χ1n) is 7.20. The smallest absolute Gasteiger partial charge is 0.317 e. The number of carboxylic acid groups (broad SMARTS) is 1. The summed E-state index contributed by atoms with van der Waals surface area (Å²) in [4.78, 5) is 10.2. The number of aliphatic carboxylic acids is 1. The van der Waals surface area contributed by atoms with Gasteiger partial charge in [0.15, 0.2) is 0 Å². The van der Waals surface area contributed by atoms with Gasteiger partial charge < -0.3 is 10.4 Å². The molecule has 0 aromatic carbocycles. The van der Waals surface area contributed by atoms with Crippen LogP contribution in [0.4, 0.5) is 0 Å². The van der Waals surface area contributed by atoms with E-state index in [9.17, 15) is 4.79 Å². The highest BCUT2D eigenvalue weighted by atomic mass is 16.4. The Hall–Kier alpha value is -0.570. The largest absolute Gasteiger partial charge is 0.480 e. The van der Waals surface area contributed by atoms with Gasteiger partial charge in [-0.2, -0.15) is 0 Å². The third-order valence-electron chi connectivity index (χ3n) is 2.98. The van der Waals surface area contributed by atoms with Gasteiger partial charge in [0.1, 0.15) is 0 Å². The Bertz CT molecular complexity index is 172. The zero-order chi connectivity index (χ0) is 12.8. The summed E-state index contributed by atoms with van der Waals surface area (Å²) in [5.41, 5.74) is 0. The van der Waals surface area contributed by atoms with E-state index < -0.39 is 5.97 Å². The highest BCUT2D eigenvalue weighted by Gasteiger charge is 1.95. The van der Waals surface area contributed by atoms with Crippen LogP contribution in [0.1, 0.15) is 71.1 Å². The van der Waals surface area contributed by atoms with Gasteiger partial charge in [-0.1, -0.05) is 64.7 Å². The van der Waals surface area contributed by atoms with Gasteiger partial charge in [-0.05, 0) is 13.0 Å². The fraction of sp³-hybridized carbons (Fsp3) is 0.929. The van der Waals surface area contributed by atoms with E-state index in [1.54, 1.807) is 0 Å². The second kappa shape index (κ2) is 13.5. The molecule has 2 N–H and O–H groups in total. The highest BCUT2D eigenvalue weighted by Crippen LogP contribution is 2.10. The molecule has 0 rings (SSSR count). The second-order valence-electron chi connectivity index (χ2n) is 4.75. The quantitative estimate of drug-likeness (QED) is 0.486. The van der Waals surface area contributed by atoms with E-state index in [4.69, 9.17) is 5.11 Å². The minimum atomic E-state index is -0.767. The van der Waals surface area contributed by atoms with Crippen molar-refractivity contribution < 1.29 is 9.90 Å². The monoisotopic (exact) mass is 243 g/mol. The van der Waals surface area contributed by atoms with Crippen molar-refractivity contribution in [2.24, 2.45) is 0 Å². The van der Waals surface area contributed by atoms with Crippen molar-refractivity contribution in [2.75, 3.05) is 13.1 Å². The van der Waals surface area contributed by atoms with Crippen molar-refractivity contribution >= 4 is 5.97 Å². The number of hydrogen-bond acceptors (Lipinski definition) is 2. The first-order chi connectivity index (χ1) is 8.27. The summed E-state index contributed by atoms with van der Waals surface area (Å²) in [6, 6.07) is 0. The molecule has 0 aliphatic carbocycles. The first kappa shape index (κ1) is 16.4. The number of rotatable bonds is 13. The van der Waals surface area contributed by atoms with E-state index in [1.807, 2.05) is 0 Å². The lowest BCUT2D eigenvalue weighted by Crippen LogP contribution is -2.23. The molecule has 0 aromatic rings. The number of unbranched alkanes of at least 4 members (excludes halogenated alkanes) is 9. The van der Waals surface area contributed by atoms with Gasteiger partial charge >= 0.3 is 5.97 Å². The summed E-state index contributed by atoms with van der Waals surface area (Å²) in [5.74, 6) is -0.767. The number of hydrogen-bond donors (Lipinski definition) is 2. The van der Waals surface area contributed by atoms with Crippen molar-refractivity contribution in [3.8, 4) is 0 Å². The Morgan fingerprint density at radius 1 is 0.882 bits per heavy atom. The molecule has 0 saturated heterocycles. The Labute approximate surface area is 106 Å². The molecular formula is C14H29NO2. The predicted molar refractivity (Wildman–Crippen MR) is 72.3 cm³/mol. The van der Waals surface area contributed by atoms with E-state index in [0.717, 1.165) is 13.0 Å². The van der Waals surface area contributed by atoms with Crippen molar-refractivity contribution in [3.05, 3.63) is 0 Å². The van der Waals surface area contributed by atoms with E-state index in [2.05, 4.69) is 12.2 Å². The fourth-order valence-corrected chi connectivity index (χ4v) is 1.93. The lowest BCUT2D eigenvalue weighted by atomic mass is 10.1. The molecule has 0 spiro atoms. The average Bonchev–Trinajstić information content (AvgIpc) is 2.30. The zero-order valence-corrected chi connectivity index (χ0v) is 11.3. The van der Waals surface area contributed by atoms with Gasteiger partial charge in [-0.25, -0.2) is 0 Å². The van der Waals surface area contributed by atoms with E-state index in [1.165, 1.54) is 57.8 Å². The number of carbonyl (C=O) groups is 1. The van der Waals surface area contributed by atoms with Crippen molar-refractivity contribution in [1.29, 1.82) is 0 Å². The Morgan fingerprint density at radius 3 is 1.82 bits per heavy atom. The second-order valence-corrected chi connectivity index (χ2v) is 4.75. The van der Waals surface area contributed by atoms with Crippen molar-refractivity contribution in [3.63, 3.8) is 0 Å². The van der Waals surface area contributed by atoms with Crippen LogP contribution in [0.15, 0.2) is 0 Å². The van der Waals surface area contributed by atoms with Crippen LogP contribution in [0.5, 0.6) is 0 Å². The SMILES string of the molecule is CCCCCCCCCCCCNCC(=O)O. The maximum Gasteiger partial charge on any atom is 0.317 e. The van der Waals surface area contributed by atoms with Gasteiger partial charge in [-0.3, -0.25) is 4.79 Å². The summed E-state index contributed by atoms with van der Waals surface area (Å²) in [6.45, 7) is 3.18. The van der Waals surface area contributed by atoms with Crippen LogP contribution in [0.2, 0.25) is 0 Å². The molecule has 3 nitrogen and oxygen atoms in total. The van der Waals surface area contributed by atoms with Crippen LogP contribution < -0.4 is 5.32 Å². The molecule has 102 valence electrons. The van der Waals surface area contributed by atoms with Gasteiger partial charge in [0.05, 0.1) is 6.54 Å². The molecule has 0 amide bonds. The van der Waals surface area contributed by atoms with E-state index in [0.29, 0.717) is 0 Å². The molecule has 0 radical (unpaired) electrons. The third-order valence-corrected chi connectivity index (χ3v) is 2.98. The highest BCUT2D eigenvalue weighted by molar-refractivity contribution is 5.68. The molecular weight excluding hydrogens is 214 g/mol. The third kappa shape index (κ3) is 15.4.